The minimum atomic E-state index is -0.753. The third kappa shape index (κ3) is 2.59. The van der Waals surface area contributed by atoms with Crippen LogP contribution < -0.4 is 5.73 Å². The number of hydrogen-bond donors (Lipinski definition) is 2. The highest BCUT2D eigenvalue weighted by atomic mass is 32.2. The van der Waals surface area contributed by atoms with Crippen molar-refractivity contribution in [2.45, 2.75) is 23.5 Å². The van der Waals surface area contributed by atoms with E-state index in [-0.39, 0.29) is 0 Å². The Morgan fingerprint density at radius 1 is 1.32 bits per heavy atom. The van der Waals surface area contributed by atoms with Gasteiger partial charge in [0.1, 0.15) is 11.4 Å². The number of nitrogens with zero attached hydrogens (tertiary/aromatic N) is 2. The van der Waals surface area contributed by atoms with Crippen molar-refractivity contribution in [1.82, 2.24) is 9.97 Å². The summed E-state index contributed by atoms with van der Waals surface area (Å²) in [6.45, 7) is 0.313. The lowest BCUT2D eigenvalue weighted by atomic mass is 10.0. The first-order valence-electron chi connectivity index (χ1n) is 6.48. The number of para-hydroxylation sites is 1. The van der Waals surface area contributed by atoms with E-state index in [0.717, 1.165) is 28.8 Å². The van der Waals surface area contributed by atoms with E-state index in [1.54, 1.807) is 18.1 Å². The minimum Gasteiger partial charge on any atom is -0.387 e. The number of aromatic nitrogens is 2. The molecule has 0 bridgehead atoms. The molecule has 0 radical (unpaired) electrons. The molecule has 1 aliphatic carbocycles. The number of thioether (sulfide) groups is 1. The summed E-state index contributed by atoms with van der Waals surface area (Å²) in [7, 11) is 0. The van der Waals surface area contributed by atoms with Crippen molar-refractivity contribution in [3.05, 3.63) is 30.6 Å². The fraction of sp³-hybridized carbons (Fsp3) is 0.429. The molecule has 1 heterocycles. The molecular formula is C14H17N3OS. The van der Waals surface area contributed by atoms with Gasteiger partial charge in [0, 0.05) is 17.7 Å². The van der Waals surface area contributed by atoms with Crippen LogP contribution in [0, 0.1) is 5.92 Å². The molecule has 0 aliphatic heterocycles. The lowest BCUT2D eigenvalue weighted by Crippen LogP contribution is -2.42. The van der Waals surface area contributed by atoms with Crippen LogP contribution >= 0.6 is 11.8 Å². The summed E-state index contributed by atoms with van der Waals surface area (Å²) in [4.78, 5) is 8.57. The molecule has 3 N–H and O–H groups in total. The first-order chi connectivity index (χ1) is 9.23. The molecule has 0 saturated heterocycles. The highest BCUT2D eigenvalue weighted by Gasteiger charge is 2.42. The molecule has 1 fully saturated rings. The Labute approximate surface area is 116 Å². The van der Waals surface area contributed by atoms with Crippen LogP contribution in [0.25, 0.3) is 10.9 Å². The number of nitrogens with two attached hydrogens (primary N) is 1. The Hall–Kier alpha value is -1.17. The maximum Gasteiger partial charge on any atom is 0.117 e. The fourth-order valence-corrected chi connectivity index (χ4v) is 3.44. The maximum atomic E-state index is 10.5. The molecule has 100 valence electrons. The maximum absolute atomic E-state index is 10.5. The predicted molar refractivity (Wildman–Crippen MR) is 77.0 cm³/mol. The van der Waals surface area contributed by atoms with E-state index in [2.05, 4.69) is 9.97 Å². The van der Waals surface area contributed by atoms with Crippen molar-refractivity contribution in [2.75, 3.05) is 12.3 Å². The second-order valence-corrected chi connectivity index (χ2v) is 6.03. The van der Waals surface area contributed by atoms with E-state index in [9.17, 15) is 5.11 Å². The average molecular weight is 275 g/mol. The van der Waals surface area contributed by atoms with E-state index in [4.69, 9.17) is 5.73 Å². The number of rotatable bonds is 5. The summed E-state index contributed by atoms with van der Waals surface area (Å²) in [6, 6.07) is 7.92. The van der Waals surface area contributed by atoms with Gasteiger partial charge in [0.05, 0.1) is 11.1 Å². The van der Waals surface area contributed by atoms with Gasteiger partial charge >= 0.3 is 0 Å². The molecule has 4 nitrogen and oxygen atoms in total. The predicted octanol–water partition coefficient (Wildman–Crippen LogP) is 1.82. The summed E-state index contributed by atoms with van der Waals surface area (Å²) in [5, 5.41) is 12.5. The first kappa shape index (κ1) is 12.8. The van der Waals surface area contributed by atoms with Gasteiger partial charge in [-0.1, -0.05) is 18.2 Å². The summed E-state index contributed by atoms with van der Waals surface area (Å²) >= 11 is 1.57. The van der Waals surface area contributed by atoms with Crippen molar-refractivity contribution in [2.24, 2.45) is 11.7 Å². The van der Waals surface area contributed by atoms with Gasteiger partial charge in [-0.2, -0.15) is 0 Å². The Balaban J connectivity index is 1.81. The highest BCUT2D eigenvalue weighted by Crippen LogP contribution is 2.42. The van der Waals surface area contributed by atoms with Crippen molar-refractivity contribution < 1.29 is 5.11 Å². The quantitative estimate of drug-likeness (QED) is 0.643. The Morgan fingerprint density at radius 2 is 2.11 bits per heavy atom. The molecule has 5 heteroatoms. The van der Waals surface area contributed by atoms with Crippen LogP contribution in [-0.4, -0.2) is 33.0 Å². The van der Waals surface area contributed by atoms with Crippen LogP contribution in [0.5, 0.6) is 0 Å². The van der Waals surface area contributed by atoms with Crippen LogP contribution in [0.4, 0.5) is 0 Å². The van der Waals surface area contributed by atoms with Gasteiger partial charge in [-0.15, -0.1) is 11.8 Å². The molecule has 0 spiro atoms. The number of hydrogen-bond acceptors (Lipinski definition) is 5. The molecule has 1 unspecified atom stereocenters. The monoisotopic (exact) mass is 275 g/mol. The van der Waals surface area contributed by atoms with Gasteiger partial charge in [0.15, 0.2) is 0 Å². The summed E-state index contributed by atoms with van der Waals surface area (Å²) in [5.41, 5.74) is 5.91. The molecule has 2 aromatic rings. The molecule has 1 atom stereocenters. The summed E-state index contributed by atoms with van der Waals surface area (Å²) in [5.74, 6) is 0.952. The van der Waals surface area contributed by atoms with Gasteiger partial charge in [0.2, 0.25) is 0 Å². The average Bonchev–Trinajstić information content (AvgIpc) is 3.30. The van der Waals surface area contributed by atoms with Gasteiger partial charge in [-0.3, -0.25) is 0 Å². The lowest BCUT2D eigenvalue weighted by Gasteiger charge is -2.25. The topological polar surface area (TPSA) is 72.0 Å². The molecule has 1 saturated carbocycles. The van der Waals surface area contributed by atoms with Gasteiger partial charge in [0.25, 0.3) is 0 Å². The standard InChI is InChI=1S/C14H17N3OS/c15-7-14(18,10-5-6-10)8-19-13-11-3-1-2-4-12(11)16-9-17-13/h1-4,9-10,18H,5-8,15H2. The van der Waals surface area contributed by atoms with E-state index in [1.807, 2.05) is 24.3 Å². The zero-order valence-corrected chi connectivity index (χ0v) is 11.4. The Bertz CT molecular complexity index is 582. The van der Waals surface area contributed by atoms with Crippen molar-refractivity contribution in [1.29, 1.82) is 0 Å². The van der Waals surface area contributed by atoms with Crippen LogP contribution in [0.1, 0.15) is 12.8 Å². The number of aliphatic hydroxyl groups is 1. The zero-order valence-electron chi connectivity index (χ0n) is 10.6. The second kappa shape index (κ2) is 5.07. The van der Waals surface area contributed by atoms with Gasteiger partial charge in [-0.25, -0.2) is 9.97 Å². The smallest absolute Gasteiger partial charge is 0.117 e. The van der Waals surface area contributed by atoms with E-state index >= 15 is 0 Å². The van der Waals surface area contributed by atoms with Crippen LogP contribution in [-0.2, 0) is 0 Å². The van der Waals surface area contributed by atoms with E-state index in [1.165, 1.54) is 0 Å². The summed E-state index contributed by atoms with van der Waals surface area (Å²) in [6.07, 6.45) is 3.74. The molecule has 19 heavy (non-hydrogen) atoms. The summed E-state index contributed by atoms with van der Waals surface area (Å²) < 4.78 is 0. The molecule has 1 aromatic carbocycles. The highest BCUT2D eigenvalue weighted by molar-refractivity contribution is 7.99. The number of fused-ring (bicyclic) bond motifs is 1. The normalized spacial score (nSPS) is 18.4. The lowest BCUT2D eigenvalue weighted by molar-refractivity contribution is 0.0510. The Kier molecular flexibility index (Phi) is 3.43. The first-order valence-corrected chi connectivity index (χ1v) is 7.46. The Morgan fingerprint density at radius 3 is 2.84 bits per heavy atom. The third-order valence-corrected chi connectivity index (χ3v) is 4.90. The fourth-order valence-electron chi connectivity index (χ4n) is 2.25. The van der Waals surface area contributed by atoms with Crippen LogP contribution in [0.2, 0.25) is 0 Å². The van der Waals surface area contributed by atoms with E-state index in [0.29, 0.717) is 18.2 Å². The minimum absolute atomic E-state index is 0.313. The van der Waals surface area contributed by atoms with Crippen molar-refractivity contribution >= 4 is 22.7 Å². The number of benzene rings is 1. The zero-order chi connectivity index (χ0) is 13.3. The molecule has 1 aromatic heterocycles. The van der Waals surface area contributed by atoms with Gasteiger partial charge in [-0.05, 0) is 24.8 Å². The van der Waals surface area contributed by atoms with Crippen LogP contribution in [0.15, 0.2) is 35.6 Å². The van der Waals surface area contributed by atoms with E-state index < -0.39 is 5.60 Å². The molecular weight excluding hydrogens is 258 g/mol. The molecule has 3 rings (SSSR count). The van der Waals surface area contributed by atoms with Crippen LogP contribution in [0.3, 0.4) is 0 Å². The second-order valence-electron chi connectivity index (χ2n) is 5.07. The van der Waals surface area contributed by atoms with Crippen molar-refractivity contribution in [3.8, 4) is 0 Å². The molecule has 0 amide bonds. The van der Waals surface area contributed by atoms with Gasteiger partial charge < -0.3 is 10.8 Å². The SMILES string of the molecule is NCC(O)(CSc1ncnc2ccccc12)C1CC1. The van der Waals surface area contributed by atoms with Crippen molar-refractivity contribution in [3.63, 3.8) is 0 Å². The third-order valence-electron chi connectivity index (χ3n) is 3.66. The molecule has 1 aliphatic rings. The largest absolute Gasteiger partial charge is 0.387 e.